The molecule has 0 spiro atoms. The van der Waals surface area contributed by atoms with Crippen LogP contribution in [-0.2, 0) is 5.41 Å². The van der Waals surface area contributed by atoms with E-state index < -0.39 is 0 Å². The van der Waals surface area contributed by atoms with Crippen molar-refractivity contribution in [2.75, 3.05) is 7.11 Å². The van der Waals surface area contributed by atoms with E-state index in [-0.39, 0.29) is 0 Å². The summed E-state index contributed by atoms with van der Waals surface area (Å²) < 4.78 is 5.17. The summed E-state index contributed by atoms with van der Waals surface area (Å²) >= 11 is 0. The third kappa shape index (κ3) is 1.08. The number of benzene rings is 1. The van der Waals surface area contributed by atoms with Gasteiger partial charge >= 0.3 is 0 Å². The predicted molar refractivity (Wildman–Crippen MR) is 60.0 cm³/mol. The van der Waals surface area contributed by atoms with Gasteiger partial charge in [-0.1, -0.05) is 12.1 Å². The molecule has 3 aliphatic rings. The van der Waals surface area contributed by atoms with E-state index in [0.717, 1.165) is 11.7 Å². The van der Waals surface area contributed by atoms with Gasteiger partial charge in [-0.15, -0.1) is 0 Å². The van der Waals surface area contributed by atoms with Gasteiger partial charge in [0.1, 0.15) is 5.75 Å². The average Bonchev–Trinajstić information content (AvgIpc) is 2.87. The number of rotatable bonds is 2. The molecule has 2 heteroatoms. The molecule has 3 fully saturated rings. The van der Waals surface area contributed by atoms with Crippen LogP contribution >= 0.6 is 0 Å². The van der Waals surface area contributed by atoms with Crippen LogP contribution in [-0.4, -0.2) is 13.2 Å². The van der Waals surface area contributed by atoms with Gasteiger partial charge in [-0.05, 0) is 42.9 Å². The Morgan fingerprint density at radius 3 is 2.53 bits per heavy atom. The van der Waals surface area contributed by atoms with Crippen molar-refractivity contribution < 1.29 is 4.74 Å². The molecular formula is C13H17NO. The van der Waals surface area contributed by atoms with Crippen molar-refractivity contribution in [1.82, 2.24) is 0 Å². The van der Waals surface area contributed by atoms with Crippen LogP contribution in [0.3, 0.4) is 0 Å². The molecule has 0 aliphatic heterocycles. The van der Waals surface area contributed by atoms with E-state index in [1.165, 1.54) is 24.8 Å². The Balaban J connectivity index is 1.93. The first-order chi connectivity index (χ1) is 7.26. The number of nitrogens with two attached hydrogens (primary N) is 1. The monoisotopic (exact) mass is 203 g/mol. The molecule has 3 aliphatic carbocycles. The second-order valence-corrected chi connectivity index (χ2v) is 4.91. The fraction of sp³-hybridized carbons (Fsp3) is 0.538. The van der Waals surface area contributed by atoms with Crippen molar-refractivity contribution in [2.24, 2.45) is 11.7 Å². The smallest absolute Gasteiger partial charge is 0.118 e. The quantitative estimate of drug-likeness (QED) is 0.798. The van der Waals surface area contributed by atoms with Crippen molar-refractivity contribution in [2.45, 2.75) is 30.7 Å². The van der Waals surface area contributed by atoms with E-state index in [9.17, 15) is 0 Å². The molecule has 2 bridgehead atoms. The first-order valence-corrected chi connectivity index (χ1v) is 5.66. The molecule has 1 aromatic rings. The molecule has 0 amide bonds. The number of hydrogen-bond acceptors (Lipinski definition) is 2. The molecule has 3 unspecified atom stereocenters. The van der Waals surface area contributed by atoms with Gasteiger partial charge in [0.15, 0.2) is 0 Å². The standard InChI is InChI=1S/C13H17NO/c1-15-11-4-2-10(3-5-11)13-7-6-9(8-13)12(13)14/h2-5,9,12H,6-8,14H2,1H3. The lowest BCUT2D eigenvalue weighted by Gasteiger charge is -2.46. The molecule has 1 aromatic carbocycles. The van der Waals surface area contributed by atoms with Gasteiger partial charge in [0, 0.05) is 11.5 Å². The van der Waals surface area contributed by atoms with Crippen molar-refractivity contribution in [1.29, 1.82) is 0 Å². The molecule has 80 valence electrons. The van der Waals surface area contributed by atoms with E-state index in [1.54, 1.807) is 7.11 Å². The molecule has 0 aromatic heterocycles. The topological polar surface area (TPSA) is 35.2 Å². The Bertz CT molecular complexity index is 369. The van der Waals surface area contributed by atoms with Gasteiger partial charge in [-0.2, -0.15) is 0 Å². The van der Waals surface area contributed by atoms with Crippen LogP contribution in [0.1, 0.15) is 24.8 Å². The zero-order valence-electron chi connectivity index (χ0n) is 9.07. The summed E-state index contributed by atoms with van der Waals surface area (Å²) in [6, 6.07) is 8.84. The van der Waals surface area contributed by atoms with E-state index in [0.29, 0.717) is 11.5 Å². The Hall–Kier alpha value is -1.02. The summed E-state index contributed by atoms with van der Waals surface area (Å²) in [6.07, 6.45) is 3.87. The van der Waals surface area contributed by atoms with Crippen molar-refractivity contribution in [3.63, 3.8) is 0 Å². The van der Waals surface area contributed by atoms with Gasteiger partial charge in [-0.25, -0.2) is 0 Å². The van der Waals surface area contributed by atoms with Crippen LogP contribution < -0.4 is 10.5 Å². The summed E-state index contributed by atoms with van der Waals surface area (Å²) in [5, 5.41) is 0. The fourth-order valence-corrected chi connectivity index (χ4v) is 3.39. The number of fused-ring (bicyclic) bond motifs is 1. The lowest BCUT2D eigenvalue weighted by atomic mass is 9.62. The Labute approximate surface area is 90.4 Å². The molecule has 2 nitrogen and oxygen atoms in total. The van der Waals surface area contributed by atoms with Crippen LogP contribution in [0.25, 0.3) is 0 Å². The molecule has 3 atom stereocenters. The third-order valence-corrected chi connectivity index (χ3v) is 4.40. The van der Waals surface area contributed by atoms with Crippen LogP contribution in [0.2, 0.25) is 0 Å². The van der Waals surface area contributed by atoms with Crippen LogP contribution in [0.4, 0.5) is 0 Å². The zero-order valence-corrected chi connectivity index (χ0v) is 9.07. The van der Waals surface area contributed by atoms with Crippen LogP contribution in [0.5, 0.6) is 5.75 Å². The lowest BCUT2D eigenvalue weighted by Crippen LogP contribution is -2.54. The van der Waals surface area contributed by atoms with Crippen molar-refractivity contribution in [3.05, 3.63) is 29.8 Å². The minimum atomic E-state index is 0.303. The zero-order chi connectivity index (χ0) is 10.5. The molecule has 3 saturated carbocycles. The summed E-state index contributed by atoms with van der Waals surface area (Å²) in [5.41, 5.74) is 7.94. The van der Waals surface area contributed by atoms with Crippen LogP contribution in [0.15, 0.2) is 24.3 Å². The molecule has 0 heterocycles. The summed E-state index contributed by atoms with van der Waals surface area (Å²) in [6.45, 7) is 0. The van der Waals surface area contributed by atoms with Gasteiger partial charge in [-0.3, -0.25) is 0 Å². The summed E-state index contributed by atoms with van der Waals surface area (Å²) in [7, 11) is 1.70. The minimum Gasteiger partial charge on any atom is -0.497 e. The fourth-order valence-electron chi connectivity index (χ4n) is 3.39. The maximum atomic E-state index is 6.23. The molecule has 4 rings (SSSR count). The van der Waals surface area contributed by atoms with E-state index in [4.69, 9.17) is 10.5 Å². The molecule has 15 heavy (non-hydrogen) atoms. The Morgan fingerprint density at radius 1 is 1.33 bits per heavy atom. The van der Waals surface area contributed by atoms with E-state index in [2.05, 4.69) is 12.1 Å². The van der Waals surface area contributed by atoms with Gasteiger partial charge in [0.05, 0.1) is 7.11 Å². The lowest BCUT2D eigenvalue weighted by molar-refractivity contribution is 0.188. The number of hydrogen-bond donors (Lipinski definition) is 1. The number of methoxy groups -OCH3 is 1. The largest absolute Gasteiger partial charge is 0.497 e. The predicted octanol–water partition coefficient (Wildman–Crippen LogP) is 2.07. The summed E-state index contributed by atoms with van der Waals surface area (Å²) in [4.78, 5) is 0. The number of ether oxygens (including phenoxy) is 1. The van der Waals surface area contributed by atoms with Gasteiger partial charge in [0.2, 0.25) is 0 Å². The highest BCUT2D eigenvalue weighted by Crippen LogP contribution is 2.58. The molecule has 2 N–H and O–H groups in total. The highest BCUT2D eigenvalue weighted by molar-refractivity contribution is 5.38. The third-order valence-electron chi connectivity index (χ3n) is 4.40. The van der Waals surface area contributed by atoms with Crippen LogP contribution in [0, 0.1) is 5.92 Å². The molecule has 0 saturated heterocycles. The Kier molecular flexibility index (Phi) is 1.84. The van der Waals surface area contributed by atoms with Gasteiger partial charge < -0.3 is 10.5 Å². The van der Waals surface area contributed by atoms with E-state index in [1.807, 2.05) is 12.1 Å². The van der Waals surface area contributed by atoms with Crippen molar-refractivity contribution >= 4 is 0 Å². The second kappa shape index (κ2) is 2.99. The molecule has 0 radical (unpaired) electrons. The SMILES string of the molecule is COc1ccc(C23CCC(C2)C3N)cc1. The minimum absolute atomic E-state index is 0.303. The highest BCUT2D eigenvalue weighted by Gasteiger charge is 2.57. The first kappa shape index (κ1) is 9.22. The average molecular weight is 203 g/mol. The normalized spacial score (nSPS) is 37.5. The highest BCUT2D eigenvalue weighted by atomic mass is 16.5. The first-order valence-electron chi connectivity index (χ1n) is 5.66. The summed E-state index contributed by atoms with van der Waals surface area (Å²) in [5.74, 6) is 1.71. The van der Waals surface area contributed by atoms with Gasteiger partial charge in [0.25, 0.3) is 0 Å². The second-order valence-electron chi connectivity index (χ2n) is 4.91. The maximum Gasteiger partial charge on any atom is 0.118 e. The Morgan fingerprint density at radius 2 is 2.07 bits per heavy atom. The molecular weight excluding hydrogens is 186 g/mol. The maximum absolute atomic E-state index is 6.23. The van der Waals surface area contributed by atoms with E-state index >= 15 is 0 Å². The van der Waals surface area contributed by atoms with Crippen molar-refractivity contribution in [3.8, 4) is 5.75 Å².